The highest BCUT2D eigenvalue weighted by molar-refractivity contribution is 5.68. The Balaban J connectivity index is 2.36. The smallest absolute Gasteiger partial charge is 0.137 e. The maximum absolute atomic E-state index is 9.00. The molecule has 4 nitrogen and oxygen atoms in total. The van der Waals surface area contributed by atoms with Crippen molar-refractivity contribution in [2.45, 2.75) is 6.92 Å². The predicted molar refractivity (Wildman–Crippen MR) is 91.0 cm³/mol. The zero-order valence-corrected chi connectivity index (χ0v) is 13.4. The van der Waals surface area contributed by atoms with E-state index in [2.05, 4.69) is 0 Å². The first-order valence-electron chi connectivity index (χ1n) is 7.12. The highest BCUT2D eigenvalue weighted by atomic mass is 16.5. The van der Waals surface area contributed by atoms with Crippen molar-refractivity contribution in [1.82, 2.24) is 0 Å². The molecule has 4 heteroatoms. The van der Waals surface area contributed by atoms with Crippen molar-refractivity contribution >= 4 is 11.8 Å². The number of rotatable bonds is 3. The molecule has 1 aliphatic heterocycles. The number of nitriles is 2. The van der Waals surface area contributed by atoms with Gasteiger partial charge in [0.05, 0.1) is 0 Å². The second kappa shape index (κ2) is 7.15. The highest BCUT2D eigenvalue weighted by Crippen LogP contribution is 2.24. The average Bonchev–Trinajstić information content (AvgIpc) is 2.54. The average molecular weight is 303 g/mol. The molecular weight excluding hydrogens is 286 g/mol. The van der Waals surface area contributed by atoms with Gasteiger partial charge < -0.3 is 9.64 Å². The molecule has 0 amide bonds. The fraction of sp³-hybridized carbons (Fsp3) is 0.158. The third-order valence-electron chi connectivity index (χ3n) is 3.29. The Bertz CT molecular complexity index is 796. The van der Waals surface area contributed by atoms with Gasteiger partial charge in [-0.2, -0.15) is 10.5 Å². The lowest BCUT2D eigenvalue weighted by molar-refractivity contribution is 0.318. The first-order chi connectivity index (χ1) is 11.0. The minimum Gasteiger partial charge on any atom is -0.462 e. The van der Waals surface area contributed by atoms with Gasteiger partial charge >= 0.3 is 0 Å². The van der Waals surface area contributed by atoms with Crippen LogP contribution >= 0.6 is 0 Å². The second-order valence-electron chi connectivity index (χ2n) is 5.24. The van der Waals surface area contributed by atoms with Gasteiger partial charge in [0, 0.05) is 25.4 Å². The molecule has 0 atom stereocenters. The van der Waals surface area contributed by atoms with E-state index in [-0.39, 0.29) is 5.57 Å². The largest absolute Gasteiger partial charge is 0.462 e. The lowest BCUT2D eigenvalue weighted by Gasteiger charge is -2.16. The summed E-state index contributed by atoms with van der Waals surface area (Å²) in [7, 11) is 3.98. The normalized spacial score (nSPS) is 13.5. The van der Waals surface area contributed by atoms with Gasteiger partial charge in [-0.25, -0.2) is 0 Å². The van der Waals surface area contributed by atoms with E-state index in [1.54, 1.807) is 19.1 Å². The zero-order chi connectivity index (χ0) is 16.8. The van der Waals surface area contributed by atoms with Gasteiger partial charge in [0.2, 0.25) is 0 Å². The topological polar surface area (TPSA) is 60.0 Å². The standard InChI is InChI=1S/C19H17N3O/c1-14-10-16(17(12-20)13-21)11-18(23-14)9-8-15-6-4-5-7-19(15)22(2)3/h4-11H,1-3H3. The molecule has 23 heavy (non-hydrogen) atoms. The minimum atomic E-state index is 0.0761. The van der Waals surface area contributed by atoms with Crippen LogP contribution in [0.1, 0.15) is 12.5 Å². The number of allylic oxidation sites excluding steroid dienone is 6. The van der Waals surface area contributed by atoms with E-state index in [1.165, 1.54) is 0 Å². The molecule has 0 N–H and O–H groups in total. The molecule has 0 unspecified atom stereocenters. The zero-order valence-electron chi connectivity index (χ0n) is 13.4. The fourth-order valence-electron chi connectivity index (χ4n) is 2.25. The highest BCUT2D eigenvalue weighted by Gasteiger charge is 2.10. The predicted octanol–water partition coefficient (Wildman–Crippen LogP) is 3.93. The van der Waals surface area contributed by atoms with Crippen LogP contribution in [0.2, 0.25) is 0 Å². The molecule has 1 aromatic carbocycles. The van der Waals surface area contributed by atoms with Crippen molar-refractivity contribution in [1.29, 1.82) is 10.5 Å². The van der Waals surface area contributed by atoms with Crippen LogP contribution in [-0.4, -0.2) is 14.1 Å². The second-order valence-corrected chi connectivity index (χ2v) is 5.24. The van der Waals surface area contributed by atoms with E-state index in [1.807, 2.05) is 67.6 Å². The summed E-state index contributed by atoms with van der Waals surface area (Å²) in [5.74, 6) is 1.24. The number of hydrogen-bond donors (Lipinski definition) is 0. The van der Waals surface area contributed by atoms with Crippen molar-refractivity contribution in [3.63, 3.8) is 0 Å². The van der Waals surface area contributed by atoms with E-state index in [0.717, 1.165) is 11.3 Å². The first-order valence-corrected chi connectivity index (χ1v) is 7.12. The first kappa shape index (κ1) is 16.1. The van der Waals surface area contributed by atoms with Crippen molar-refractivity contribution in [3.05, 3.63) is 70.7 Å². The SMILES string of the molecule is CC1=CC(=C(C#N)C#N)C=C(C=Cc2ccccc2N(C)C)O1. The molecule has 2 rings (SSSR count). The van der Waals surface area contributed by atoms with Crippen molar-refractivity contribution < 1.29 is 4.74 Å². The Morgan fingerprint density at radius 3 is 2.43 bits per heavy atom. The molecule has 1 aromatic rings. The molecule has 0 saturated carbocycles. The molecule has 0 radical (unpaired) electrons. The van der Waals surface area contributed by atoms with Crippen molar-refractivity contribution in [2.75, 3.05) is 19.0 Å². The molecular formula is C19H17N3O. The van der Waals surface area contributed by atoms with Crippen LogP contribution < -0.4 is 4.90 Å². The quantitative estimate of drug-likeness (QED) is 0.794. The Morgan fingerprint density at radius 2 is 1.78 bits per heavy atom. The molecule has 0 saturated heterocycles. The van der Waals surface area contributed by atoms with E-state index < -0.39 is 0 Å². The van der Waals surface area contributed by atoms with Gasteiger partial charge in [-0.1, -0.05) is 18.2 Å². The monoisotopic (exact) mass is 303 g/mol. The Labute approximate surface area is 136 Å². The summed E-state index contributed by atoms with van der Waals surface area (Å²) in [6, 6.07) is 11.8. The molecule has 0 bridgehead atoms. The van der Waals surface area contributed by atoms with Crippen LogP contribution in [0.3, 0.4) is 0 Å². The molecule has 1 aliphatic rings. The summed E-state index contributed by atoms with van der Waals surface area (Å²) >= 11 is 0. The summed E-state index contributed by atoms with van der Waals surface area (Å²) in [6.45, 7) is 1.79. The lowest BCUT2D eigenvalue weighted by Crippen LogP contribution is -2.09. The summed E-state index contributed by atoms with van der Waals surface area (Å²) in [6.07, 6.45) is 7.18. The molecule has 0 fully saturated rings. The molecule has 0 aromatic heterocycles. The van der Waals surface area contributed by atoms with Gasteiger partial charge in [-0.3, -0.25) is 0 Å². The van der Waals surface area contributed by atoms with Gasteiger partial charge in [-0.15, -0.1) is 0 Å². The van der Waals surface area contributed by atoms with Crippen molar-refractivity contribution in [2.24, 2.45) is 0 Å². The number of ether oxygens (including phenoxy) is 1. The van der Waals surface area contributed by atoms with Crippen molar-refractivity contribution in [3.8, 4) is 12.1 Å². The van der Waals surface area contributed by atoms with Crippen LogP contribution in [0.15, 0.2) is 65.2 Å². The lowest BCUT2D eigenvalue weighted by atomic mass is 10.1. The van der Waals surface area contributed by atoms with Crippen LogP contribution in [-0.2, 0) is 4.74 Å². The number of benzene rings is 1. The summed E-state index contributed by atoms with van der Waals surface area (Å²) in [5, 5.41) is 18.0. The third-order valence-corrected chi connectivity index (χ3v) is 3.29. The summed E-state index contributed by atoms with van der Waals surface area (Å²) in [4.78, 5) is 2.04. The number of hydrogen-bond acceptors (Lipinski definition) is 4. The number of para-hydroxylation sites is 1. The van der Waals surface area contributed by atoms with Gasteiger partial charge in [0.1, 0.15) is 29.2 Å². The number of anilines is 1. The Kier molecular flexibility index (Phi) is 5.02. The van der Waals surface area contributed by atoms with Gasteiger partial charge in [-0.05, 0) is 42.9 Å². The van der Waals surface area contributed by atoms with Gasteiger partial charge in [0.25, 0.3) is 0 Å². The molecule has 114 valence electrons. The summed E-state index contributed by atoms with van der Waals surface area (Å²) in [5.41, 5.74) is 2.80. The van der Waals surface area contributed by atoms with E-state index in [9.17, 15) is 0 Å². The number of nitrogens with zero attached hydrogens (tertiary/aromatic N) is 3. The molecule has 1 heterocycles. The molecule has 0 aliphatic carbocycles. The molecule has 0 spiro atoms. The minimum absolute atomic E-state index is 0.0761. The maximum atomic E-state index is 9.00. The van der Waals surface area contributed by atoms with E-state index in [0.29, 0.717) is 17.1 Å². The van der Waals surface area contributed by atoms with Gasteiger partial charge in [0.15, 0.2) is 0 Å². The van der Waals surface area contributed by atoms with E-state index >= 15 is 0 Å². The maximum Gasteiger partial charge on any atom is 0.137 e. The van der Waals surface area contributed by atoms with Crippen LogP contribution in [0, 0.1) is 22.7 Å². The van der Waals surface area contributed by atoms with Crippen LogP contribution in [0.25, 0.3) is 6.08 Å². The Morgan fingerprint density at radius 1 is 1.09 bits per heavy atom. The van der Waals surface area contributed by atoms with E-state index in [4.69, 9.17) is 15.3 Å². The third kappa shape index (κ3) is 3.90. The van der Waals surface area contributed by atoms with Crippen LogP contribution in [0.5, 0.6) is 0 Å². The fourth-order valence-corrected chi connectivity index (χ4v) is 2.25. The van der Waals surface area contributed by atoms with Crippen LogP contribution in [0.4, 0.5) is 5.69 Å². The Hall–Kier alpha value is -3.24. The summed E-state index contributed by atoms with van der Waals surface area (Å²) < 4.78 is 5.65.